The molecule has 152 valence electrons. The molecule has 0 saturated heterocycles. The van der Waals surface area contributed by atoms with Crippen LogP contribution in [0.5, 0.6) is 5.75 Å². The summed E-state index contributed by atoms with van der Waals surface area (Å²) in [4.78, 5) is 8.46. The monoisotopic (exact) mass is 414 g/mol. The molecule has 28 heavy (non-hydrogen) atoms. The average Bonchev–Trinajstić information content (AvgIpc) is 2.64. The highest BCUT2D eigenvalue weighted by molar-refractivity contribution is 6.29. The van der Waals surface area contributed by atoms with Crippen molar-refractivity contribution < 1.29 is 17.9 Å². The zero-order valence-electron chi connectivity index (χ0n) is 15.6. The van der Waals surface area contributed by atoms with Crippen LogP contribution in [-0.2, 0) is 13.1 Å². The predicted molar refractivity (Wildman–Crippen MR) is 104 cm³/mol. The topological polar surface area (TPSA) is 58.5 Å². The van der Waals surface area contributed by atoms with Gasteiger partial charge in [-0.05, 0) is 37.1 Å². The van der Waals surface area contributed by atoms with Crippen LogP contribution in [-0.4, -0.2) is 30.3 Å². The fourth-order valence-electron chi connectivity index (χ4n) is 2.29. The van der Waals surface area contributed by atoms with Gasteiger partial charge < -0.3 is 15.4 Å². The van der Waals surface area contributed by atoms with Gasteiger partial charge in [0.05, 0.1) is 6.54 Å². The number of ether oxygens (including phenoxy) is 1. The third kappa shape index (κ3) is 7.64. The Morgan fingerprint density at radius 3 is 2.64 bits per heavy atom. The first-order valence-corrected chi connectivity index (χ1v) is 9.06. The molecule has 0 aliphatic rings. The van der Waals surface area contributed by atoms with Gasteiger partial charge in [-0.1, -0.05) is 29.8 Å². The summed E-state index contributed by atoms with van der Waals surface area (Å²) >= 11 is 5.77. The van der Waals surface area contributed by atoms with Crippen molar-refractivity contribution in [3.63, 3.8) is 0 Å². The second-order valence-corrected chi connectivity index (χ2v) is 6.44. The fourth-order valence-corrected chi connectivity index (χ4v) is 2.40. The van der Waals surface area contributed by atoms with Crippen molar-refractivity contribution in [3.05, 3.63) is 58.4 Å². The number of hydrogen-bond donors (Lipinski definition) is 2. The van der Waals surface area contributed by atoms with Crippen LogP contribution in [0.15, 0.2) is 41.5 Å². The van der Waals surface area contributed by atoms with Crippen LogP contribution < -0.4 is 15.4 Å². The molecule has 0 spiro atoms. The standard InChI is InChI=1S/C19H22ClF3N4O/c1-3-24-18(26-10-14-5-7-17(20)25-9-14)27-11-15-6-4-13(2)8-16(15)28-12-19(21,22)23/h4-9H,3,10-12H2,1-2H3,(H2,24,26,27). The predicted octanol–water partition coefficient (Wildman–Crippen LogP) is 4.24. The first kappa shape index (κ1) is 21.8. The van der Waals surface area contributed by atoms with E-state index in [0.717, 1.165) is 11.1 Å². The second-order valence-electron chi connectivity index (χ2n) is 6.05. The molecular formula is C19H22ClF3N4O. The first-order valence-electron chi connectivity index (χ1n) is 8.68. The van der Waals surface area contributed by atoms with Gasteiger partial charge >= 0.3 is 6.18 Å². The van der Waals surface area contributed by atoms with Gasteiger partial charge in [-0.3, -0.25) is 0 Å². The van der Waals surface area contributed by atoms with E-state index in [4.69, 9.17) is 16.3 Å². The second kappa shape index (κ2) is 10.2. The summed E-state index contributed by atoms with van der Waals surface area (Å²) in [7, 11) is 0. The number of halogens is 4. The van der Waals surface area contributed by atoms with Gasteiger partial charge in [-0.25, -0.2) is 9.98 Å². The summed E-state index contributed by atoms with van der Waals surface area (Å²) in [6, 6.07) is 8.66. The number of aryl methyl sites for hydroxylation is 1. The Morgan fingerprint density at radius 2 is 2.00 bits per heavy atom. The molecule has 2 rings (SSSR count). The van der Waals surface area contributed by atoms with Crippen LogP contribution in [0.2, 0.25) is 5.15 Å². The highest BCUT2D eigenvalue weighted by atomic mass is 35.5. The van der Waals surface area contributed by atoms with Crippen molar-refractivity contribution in [1.82, 2.24) is 15.6 Å². The van der Waals surface area contributed by atoms with Gasteiger partial charge in [-0.15, -0.1) is 0 Å². The van der Waals surface area contributed by atoms with E-state index in [2.05, 4.69) is 20.6 Å². The van der Waals surface area contributed by atoms with Crippen molar-refractivity contribution in [2.24, 2.45) is 4.99 Å². The highest BCUT2D eigenvalue weighted by Crippen LogP contribution is 2.23. The summed E-state index contributed by atoms with van der Waals surface area (Å²) in [5, 5.41) is 6.61. The Bertz CT molecular complexity index is 795. The Balaban J connectivity index is 2.05. The molecule has 2 N–H and O–H groups in total. The van der Waals surface area contributed by atoms with Crippen LogP contribution in [0.25, 0.3) is 0 Å². The molecule has 0 saturated carbocycles. The zero-order valence-corrected chi connectivity index (χ0v) is 16.4. The molecule has 0 fully saturated rings. The lowest BCUT2D eigenvalue weighted by Crippen LogP contribution is -2.37. The number of aliphatic imine (C=N–C) groups is 1. The van der Waals surface area contributed by atoms with Gasteiger partial charge in [0.2, 0.25) is 0 Å². The number of pyridine rings is 1. The lowest BCUT2D eigenvalue weighted by Gasteiger charge is -2.16. The molecule has 0 unspecified atom stereocenters. The molecule has 1 aromatic heterocycles. The van der Waals surface area contributed by atoms with Crippen LogP contribution in [0.3, 0.4) is 0 Å². The van der Waals surface area contributed by atoms with Crippen LogP contribution >= 0.6 is 11.6 Å². The van der Waals surface area contributed by atoms with Crippen LogP contribution in [0, 0.1) is 6.92 Å². The van der Waals surface area contributed by atoms with E-state index in [9.17, 15) is 13.2 Å². The summed E-state index contributed by atoms with van der Waals surface area (Å²) in [5.41, 5.74) is 2.30. The van der Waals surface area contributed by atoms with Crippen LogP contribution in [0.1, 0.15) is 23.6 Å². The Kier molecular flexibility index (Phi) is 7.92. The van der Waals surface area contributed by atoms with E-state index >= 15 is 0 Å². The van der Waals surface area contributed by atoms with Crippen molar-refractivity contribution in [2.45, 2.75) is 33.1 Å². The lowest BCUT2D eigenvalue weighted by molar-refractivity contribution is -0.153. The lowest BCUT2D eigenvalue weighted by atomic mass is 10.1. The molecule has 5 nitrogen and oxygen atoms in total. The fraction of sp³-hybridized carbons (Fsp3) is 0.368. The number of guanidine groups is 1. The minimum atomic E-state index is -4.39. The molecule has 0 aliphatic carbocycles. The maximum absolute atomic E-state index is 12.5. The smallest absolute Gasteiger partial charge is 0.422 e. The minimum Gasteiger partial charge on any atom is -0.484 e. The molecule has 0 atom stereocenters. The SMILES string of the molecule is CCNC(=NCc1ccc(Cl)nc1)NCc1ccc(C)cc1OCC(F)(F)F. The zero-order chi connectivity index (χ0) is 20.6. The normalized spacial score (nSPS) is 12.0. The molecule has 0 amide bonds. The number of nitrogens with zero attached hydrogens (tertiary/aromatic N) is 2. The van der Waals surface area contributed by atoms with Gasteiger partial charge in [0.25, 0.3) is 0 Å². The largest absolute Gasteiger partial charge is 0.484 e. The molecule has 1 heterocycles. The molecule has 2 aromatic rings. The Hall–Kier alpha value is -2.48. The quantitative estimate of drug-likeness (QED) is 0.404. The summed E-state index contributed by atoms with van der Waals surface area (Å²) in [6.07, 6.45) is -2.75. The van der Waals surface area contributed by atoms with Crippen molar-refractivity contribution in [2.75, 3.05) is 13.2 Å². The number of benzene rings is 1. The van der Waals surface area contributed by atoms with Crippen LogP contribution in [0.4, 0.5) is 13.2 Å². The van der Waals surface area contributed by atoms with Gasteiger partial charge in [0.1, 0.15) is 10.9 Å². The number of rotatable bonds is 7. The summed E-state index contributed by atoms with van der Waals surface area (Å²) in [6.45, 7) is 3.66. The third-order valence-electron chi connectivity index (χ3n) is 3.61. The highest BCUT2D eigenvalue weighted by Gasteiger charge is 2.28. The van der Waals surface area contributed by atoms with Crippen molar-refractivity contribution in [1.29, 1.82) is 0 Å². The number of hydrogen-bond acceptors (Lipinski definition) is 3. The maximum Gasteiger partial charge on any atom is 0.422 e. The summed E-state index contributed by atoms with van der Waals surface area (Å²) < 4.78 is 42.4. The molecule has 9 heteroatoms. The van der Waals surface area contributed by atoms with Gasteiger partial charge in [0, 0.05) is 24.8 Å². The number of nitrogens with one attached hydrogen (secondary N) is 2. The van der Waals surface area contributed by atoms with Gasteiger partial charge in [0.15, 0.2) is 12.6 Å². The Labute approximate surface area is 167 Å². The van der Waals surface area contributed by atoms with E-state index in [1.807, 2.05) is 19.1 Å². The van der Waals surface area contributed by atoms with E-state index in [0.29, 0.717) is 29.8 Å². The van der Waals surface area contributed by atoms with E-state index in [1.54, 1.807) is 31.3 Å². The van der Waals surface area contributed by atoms with Crippen molar-refractivity contribution in [3.8, 4) is 5.75 Å². The Morgan fingerprint density at radius 1 is 1.21 bits per heavy atom. The average molecular weight is 415 g/mol. The molecule has 0 bridgehead atoms. The number of aromatic nitrogens is 1. The minimum absolute atomic E-state index is 0.197. The first-order chi connectivity index (χ1) is 13.3. The maximum atomic E-state index is 12.5. The summed E-state index contributed by atoms with van der Waals surface area (Å²) in [5.74, 6) is 0.724. The molecule has 0 radical (unpaired) electrons. The molecule has 0 aliphatic heterocycles. The third-order valence-corrected chi connectivity index (χ3v) is 3.84. The molecular weight excluding hydrogens is 393 g/mol. The van der Waals surface area contributed by atoms with E-state index in [1.165, 1.54) is 0 Å². The van der Waals surface area contributed by atoms with E-state index < -0.39 is 12.8 Å². The van der Waals surface area contributed by atoms with E-state index in [-0.39, 0.29) is 12.3 Å². The van der Waals surface area contributed by atoms with Crippen molar-refractivity contribution >= 4 is 17.6 Å². The van der Waals surface area contributed by atoms with Gasteiger partial charge in [-0.2, -0.15) is 13.2 Å². The molecule has 1 aromatic carbocycles. The number of alkyl halides is 3.